The Hall–Kier alpha value is -1.55. The van der Waals surface area contributed by atoms with E-state index in [0.29, 0.717) is 0 Å². The van der Waals surface area contributed by atoms with Crippen LogP contribution in [0.3, 0.4) is 0 Å². The van der Waals surface area contributed by atoms with E-state index in [1.54, 1.807) is 0 Å². The molecule has 2 aromatic heterocycles. The zero-order valence-electron chi connectivity index (χ0n) is 11.5. The number of aromatic nitrogens is 2. The van der Waals surface area contributed by atoms with Crippen molar-refractivity contribution in [2.45, 2.75) is 45.7 Å². The molecule has 0 saturated carbocycles. The molecule has 1 N–H and O–H groups in total. The normalized spacial score (nSPS) is 14.6. The minimum atomic E-state index is 0.800. The summed E-state index contributed by atoms with van der Waals surface area (Å²) in [4.78, 5) is 4.52. The maximum absolute atomic E-state index is 5.64. The molecule has 0 atom stereocenters. The van der Waals surface area contributed by atoms with Gasteiger partial charge < -0.3 is 14.3 Å². The molecule has 19 heavy (non-hydrogen) atoms. The maximum atomic E-state index is 5.64. The second-order valence-electron chi connectivity index (χ2n) is 5.17. The van der Waals surface area contributed by atoms with Crippen LogP contribution in [-0.2, 0) is 25.9 Å². The van der Waals surface area contributed by atoms with Crippen molar-refractivity contribution < 1.29 is 4.42 Å². The summed E-state index contributed by atoms with van der Waals surface area (Å²) < 4.78 is 7.88. The molecule has 0 fully saturated rings. The highest BCUT2D eigenvalue weighted by Gasteiger charge is 2.15. The molecule has 0 aromatic carbocycles. The number of hydrogen-bond donors (Lipinski definition) is 1. The molecule has 102 valence electrons. The fourth-order valence-corrected chi connectivity index (χ4v) is 2.71. The molecule has 1 aliphatic carbocycles. The number of aryl methyl sites for hydroxylation is 1. The molecule has 0 spiro atoms. The molecule has 2 aromatic rings. The molecule has 4 nitrogen and oxygen atoms in total. The lowest BCUT2D eigenvalue weighted by atomic mass is 10.0. The predicted octanol–water partition coefficient (Wildman–Crippen LogP) is 2.51. The second-order valence-corrected chi connectivity index (χ2v) is 5.17. The molecule has 0 unspecified atom stereocenters. The van der Waals surface area contributed by atoms with Gasteiger partial charge in [0.05, 0.1) is 24.8 Å². The van der Waals surface area contributed by atoms with Gasteiger partial charge >= 0.3 is 0 Å². The Kier molecular flexibility index (Phi) is 3.69. The average molecular weight is 259 g/mol. The molecule has 2 heterocycles. The summed E-state index contributed by atoms with van der Waals surface area (Å²) in [6.07, 6.45) is 8.65. The van der Waals surface area contributed by atoms with Crippen molar-refractivity contribution in [1.82, 2.24) is 14.9 Å². The number of hydrogen-bond acceptors (Lipinski definition) is 3. The van der Waals surface area contributed by atoms with E-state index >= 15 is 0 Å². The van der Waals surface area contributed by atoms with Crippen LogP contribution in [0.1, 0.15) is 42.5 Å². The average Bonchev–Trinajstić information content (AvgIpc) is 3.05. The summed E-state index contributed by atoms with van der Waals surface area (Å²) in [5.41, 5.74) is 3.90. The van der Waals surface area contributed by atoms with Crippen LogP contribution in [0.2, 0.25) is 0 Å². The van der Waals surface area contributed by atoms with Gasteiger partial charge in [-0.25, -0.2) is 4.98 Å². The van der Waals surface area contributed by atoms with Gasteiger partial charge in [0.2, 0.25) is 0 Å². The van der Waals surface area contributed by atoms with Gasteiger partial charge in [-0.1, -0.05) is 6.92 Å². The van der Waals surface area contributed by atoms with E-state index in [2.05, 4.69) is 27.9 Å². The minimum absolute atomic E-state index is 0.800. The van der Waals surface area contributed by atoms with Crippen LogP contribution in [-0.4, -0.2) is 16.1 Å². The van der Waals surface area contributed by atoms with E-state index in [4.69, 9.17) is 4.42 Å². The lowest BCUT2D eigenvalue weighted by Crippen LogP contribution is -2.11. The first-order chi connectivity index (χ1) is 9.36. The van der Waals surface area contributed by atoms with Gasteiger partial charge in [0.25, 0.3) is 0 Å². The Morgan fingerprint density at radius 3 is 3.16 bits per heavy atom. The topological polar surface area (TPSA) is 43.0 Å². The van der Waals surface area contributed by atoms with Crippen molar-refractivity contribution in [3.63, 3.8) is 0 Å². The zero-order valence-corrected chi connectivity index (χ0v) is 11.5. The van der Waals surface area contributed by atoms with Crippen LogP contribution >= 0.6 is 0 Å². The third-order valence-electron chi connectivity index (χ3n) is 3.72. The molecule has 0 saturated heterocycles. The highest BCUT2D eigenvalue weighted by Crippen LogP contribution is 2.21. The molecule has 4 heteroatoms. The van der Waals surface area contributed by atoms with Gasteiger partial charge in [0.1, 0.15) is 5.76 Å². The number of fused-ring (bicyclic) bond motifs is 1. The maximum Gasteiger partial charge on any atom is 0.123 e. The molecule has 0 aliphatic heterocycles. The molecule has 3 rings (SSSR count). The quantitative estimate of drug-likeness (QED) is 0.897. The van der Waals surface area contributed by atoms with Crippen molar-refractivity contribution in [3.05, 3.63) is 41.4 Å². The summed E-state index contributed by atoms with van der Waals surface area (Å²) >= 11 is 0. The van der Waals surface area contributed by atoms with Gasteiger partial charge in [-0.3, -0.25) is 0 Å². The lowest BCUT2D eigenvalue weighted by Gasteiger charge is -2.13. The van der Waals surface area contributed by atoms with E-state index in [1.165, 1.54) is 29.8 Å². The third-order valence-corrected chi connectivity index (χ3v) is 3.72. The number of nitrogens with zero attached hydrogens (tertiary/aromatic N) is 2. The largest absolute Gasteiger partial charge is 0.467 e. The minimum Gasteiger partial charge on any atom is -0.467 e. The van der Waals surface area contributed by atoms with Crippen molar-refractivity contribution in [1.29, 1.82) is 0 Å². The van der Waals surface area contributed by atoms with Crippen molar-refractivity contribution in [2.75, 3.05) is 6.54 Å². The fourth-order valence-electron chi connectivity index (χ4n) is 2.71. The Balaban J connectivity index is 1.71. The summed E-state index contributed by atoms with van der Waals surface area (Å²) in [5.74, 6) is 1.01. The zero-order chi connectivity index (χ0) is 13.1. The van der Waals surface area contributed by atoms with E-state index in [1.807, 2.05) is 12.6 Å². The number of rotatable bonds is 5. The van der Waals surface area contributed by atoms with E-state index in [-0.39, 0.29) is 0 Å². The van der Waals surface area contributed by atoms with Gasteiger partial charge in [-0.05, 0) is 38.3 Å². The van der Waals surface area contributed by atoms with Crippen LogP contribution in [0.15, 0.2) is 23.1 Å². The first-order valence-electron chi connectivity index (χ1n) is 7.16. The van der Waals surface area contributed by atoms with Crippen LogP contribution in [0.4, 0.5) is 0 Å². The van der Waals surface area contributed by atoms with Crippen LogP contribution in [0, 0.1) is 0 Å². The lowest BCUT2D eigenvalue weighted by molar-refractivity contribution is 0.484. The molecule has 0 radical (unpaired) electrons. The second kappa shape index (κ2) is 5.61. The summed E-state index contributed by atoms with van der Waals surface area (Å²) in [7, 11) is 0. The monoisotopic (exact) mass is 259 g/mol. The number of nitrogens with one attached hydrogen (secondary N) is 1. The predicted molar refractivity (Wildman–Crippen MR) is 74.1 cm³/mol. The van der Waals surface area contributed by atoms with E-state index < -0.39 is 0 Å². The third kappa shape index (κ3) is 2.73. The summed E-state index contributed by atoms with van der Waals surface area (Å²) in [6.45, 7) is 4.77. The fraction of sp³-hybridized carbons (Fsp3) is 0.533. The first-order valence-corrected chi connectivity index (χ1v) is 7.16. The Morgan fingerprint density at radius 1 is 1.37 bits per heavy atom. The van der Waals surface area contributed by atoms with Gasteiger partial charge in [-0.15, -0.1) is 0 Å². The molecule has 0 bridgehead atoms. The number of imidazole rings is 1. The summed E-state index contributed by atoms with van der Waals surface area (Å²) in [5, 5.41) is 3.31. The van der Waals surface area contributed by atoms with Crippen molar-refractivity contribution in [2.24, 2.45) is 0 Å². The molecule has 1 aliphatic rings. The SMILES string of the molecule is CCNCc1coc(Cn2cnc3c2CCCC3)c1. The highest BCUT2D eigenvalue weighted by molar-refractivity contribution is 5.19. The Morgan fingerprint density at radius 2 is 2.26 bits per heavy atom. The Bertz CT molecular complexity index is 541. The molecular formula is C15H21N3O. The van der Waals surface area contributed by atoms with E-state index in [0.717, 1.165) is 38.2 Å². The first kappa shape index (κ1) is 12.5. The standard InChI is InChI=1S/C15H21N3O/c1-2-16-8-12-7-13(19-10-12)9-18-11-17-14-5-3-4-6-15(14)18/h7,10-11,16H,2-6,8-9H2,1H3. The van der Waals surface area contributed by atoms with Crippen LogP contribution < -0.4 is 5.32 Å². The van der Waals surface area contributed by atoms with Crippen LogP contribution in [0.25, 0.3) is 0 Å². The van der Waals surface area contributed by atoms with Crippen molar-refractivity contribution >= 4 is 0 Å². The summed E-state index contributed by atoms with van der Waals surface area (Å²) in [6, 6.07) is 2.14. The molecular weight excluding hydrogens is 238 g/mol. The smallest absolute Gasteiger partial charge is 0.123 e. The van der Waals surface area contributed by atoms with Crippen LogP contribution in [0.5, 0.6) is 0 Å². The highest BCUT2D eigenvalue weighted by atomic mass is 16.3. The Labute approximate surface area is 113 Å². The molecule has 0 amide bonds. The van der Waals surface area contributed by atoms with Gasteiger partial charge in [-0.2, -0.15) is 0 Å². The number of furan rings is 1. The van der Waals surface area contributed by atoms with Crippen molar-refractivity contribution in [3.8, 4) is 0 Å². The van der Waals surface area contributed by atoms with Gasteiger partial charge in [0, 0.05) is 17.8 Å². The van der Waals surface area contributed by atoms with Gasteiger partial charge in [0.15, 0.2) is 0 Å². The van der Waals surface area contributed by atoms with E-state index in [9.17, 15) is 0 Å².